The maximum Gasteiger partial charge on any atom is 0.155 e. The van der Waals surface area contributed by atoms with Crippen molar-refractivity contribution in [3.8, 4) is 0 Å². The second-order valence-electron chi connectivity index (χ2n) is 4.01. The summed E-state index contributed by atoms with van der Waals surface area (Å²) in [6, 6.07) is 0. The normalized spacial score (nSPS) is 10.9. The molecule has 0 bridgehead atoms. The third-order valence-electron chi connectivity index (χ3n) is 2.34. The van der Waals surface area contributed by atoms with Gasteiger partial charge in [-0.3, -0.25) is 9.59 Å². The van der Waals surface area contributed by atoms with Gasteiger partial charge < -0.3 is 0 Å². The summed E-state index contributed by atoms with van der Waals surface area (Å²) in [5.41, 5.74) is 0. The van der Waals surface area contributed by atoms with Gasteiger partial charge in [-0.05, 0) is 37.8 Å². The molecule has 98 valence electrons. The van der Waals surface area contributed by atoms with E-state index in [-0.39, 0.29) is 11.6 Å². The molecule has 0 fully saturated rings. The van der Waals surface area contributed by atoms with Crippen molar-refractivity contribution in [2.75, 3.05) is 0 Å². The third kappa shape index (κ3) is 10.8. The van der Waals surface area contributed by atoms with Crippen molar-refractivity contribution in [3.05, 3.63) is 49.6 Å². The monoisotopic (exact) mass is 246 g/mol. The largest absolute Gasteiger partial charge is 0.295 e. The number of rotatable bonds is 11. The molecule has 0 aromatic heterocycles. The SMILES string of the molecule is C=CCCCC(=O)/C=C/C=C/C(=O)CCCC=C. The zero-order valence-electron chi connectivity index (χ0n) is 10.9. The summed E-state index contributed by atoms with van der Waals surface area (Å²) in [6.07, 6.45) is 14.3. The van der Waals surface area contributed by atoms with E-state index in [1.807, 2.05) is 0 Å². The number of carbonyl (C=O) groups excluding carboxylic acids is 2. The van der Waals surface area contributed by atoms with Crippen molar-refractivity contribution in [2.45, 2.75) is 38.5 Å². The average Bonchev–Trinajstić information content (AvgIpc) is 2.35. The first-order valence-corrected chi connectivity index (χ1v) is 6.33. The standard InChI is InChI=1S/C16H22O2/c1-3-5-7-11-15(17)13-9-10-14-16(18)12-8-6-4-2/h3-4,9-10,13-14H,1-2,5-8,11-12H2/b13-9+,14-10+. The van der Waals surface area contributed by atoms with Gasteiger partial charge in [-0.2, -0.15) is 0 Å². The van der Waals surface area contributed by atoms with Crippen molar-refractivity contribution in [1.29, 1.82) is 0 Å². The van der Waals surface area contributed by atoms with Crippen LogP contribution in [0, 0.1) is 0 Å². The first kappa shape index (κ1) is 16.3. The van der Waals surface area contributed by atoms with Crippen LogP contribution in [0.25, 0.3) is 0 Å². The van der Waals surface area contributed by atoms with Crippen molar-refractivity contribution in [3.63, 3.8) is 0 Å². The van der Waals surface area contributed by atoms with E-state index in [0.717, 1.165) is 25.7 Å². The molecule has 18 heavy (non-hydrogen) atoms. The number of hydrogen-bond donors (Lipinski definition) is 0. The van der Waals surface area contributed by atoms with Crippen molar-refractivity contribution >= 4 is 11.6 Å². The van der Waals surface area contributed by atoms with Gasteiger partial charge in [-0.15, -0.1) is 13.2 Å². The first-order chi connectivity index (χ1) is 8.70. The molecule has 0 aromatic rings. The van der Waals surface area contributed by atoms with Gasteiger partial charge in [0.2, 0.25) is 0 Å². The van der Waals surface area contributed by atoms with Crippen LogP contribution in [0.4, 0.5) is 0 Å². The van der Waals surface area contributed by atoms with E-state index in [2.05, 4.69) is 13.2 Å². The molecule has 0 N–H and O–H groups in total. The van der Waals surface area contributed by atoms with Gasteiger partial charge in [0.1, 0.15) is 0 Å². The predicted octanol–water partition coefficient (Wildman–Crippen LogP) is 3.95. The van der Waals surface area contributed by atoms with Gasteiger partial charge in [-0.1, -0.05) is 24.3 Å². The molecule has 0 radical (unpaired) electrons. The van der Waals surface area contributed by atoms with E-state index in [1.165, 1.54) is 12.2 Å². The summed E-state index contributed by atoms with van der Waals surface area (Å²) in [5.74, 6) is 0.168. The quantitative estimate of drug-likeness (QED) is 0.239. The van der Waals surface area contributed by atoms with Crippen LogP contribution in [0.3, 0.4) is 0 Å². The minimum atomic E-state index is 0.0839. The van der Waals surface area contributed by atoms with Crippen LogP contribution in [-0.2, 0) is 9.59 Å². The molecule has 0 spiro atoms. The zero-order chi connectivity index (χ0) is 13.6. The number of hydrogen-bond acceptors (Lipinski definition) is 2. The Morgan fingerprint density at radius 3 is 1.50 bits per heavy atom. The predicted molar refractivity (Wildman–Crippen MR) is 76.4 cm³/mol. The molecule has 0 unspecified atom stereocenters. The lowest BCUT2D eigenvalue weighted by Gasteiger charge is -1.92. The molecule has 0 aliphatic heterocycles. The molecule has 0 saturated carbocycles. The Morgan fingerprint density at radius 1 is 0.778 bits per heavy atom. The Labute approximate surface area is 110 Å². The second kappa shape index (κ2) is 11.8. The van der Waals surface area contributed by atoms with Gasteiger partial charge in [0.15, 0.2) is 11.6 Å². The zero-order valence-corrected chi connectivity index (χ0v) is 10.9. The summed E-state index contributed by atoms with van der Waals surface area (Å²) >= 11 is 0. The average molecular weight is 246 g/mol. The summed E-state index contributed by atoms with van der Waals surface area (Å²) in [7, 11) is 0. The van der Waals surface area contributed by atoms with Crippen molar-refractivity contribution < 1.29 is 9.59 Å². The summed E-state index contributed by atoms with van der Waals surface area (Å²) in [4.78, 5) is 22.6. The van der Waals surface area contributed by atoms with Crippen LogP contribution >= 0.6 is 0 Å². The molecule has 2 nitrogen and oxygen atoms in total. The number of ketones is 2. The van der Waals surface area contributed by atoms with Gasteiger partial charge in [0, 0.05) is 12.8 Å². The molecular formula is C16H22O2. The van der Waals surface area contributed by atoms with Crippen LogP contribution < -0.4 is 0 Å². The molecule has 0 rings (SSSR count). The van der Waals surface area contributed by atoms with Gasteiger partial charge >= 0.3 is 0 Å². The van der Waals surface area contributed by atoms with E-state index in [9.17, 15) is 9.59 Å². The highest BCUT2D eigenvalue weighted by Crippen LogP contribution is 1.99. The van der Waals surface area contributed by atoms with E-state index >= 15 is 0 Å². The maximum absolute atomic E-state index is 11.3. The topological polar surface area (TPSA) is 34.1 Å². The van der Waals surface area contributed by atoms with Crippen LogP contribution in [0.5, 0.6) is 0 Å². The molecule has 0 saturated heterocycles. The molecule has 2 heteroatoms. The Kier molecular flexibility index (Phi) is 10.7. The molecule has 0 aromatic carbocycles. The highest BCUT2D eigenvalue weighted by molar-refractivity contribution is 5.91. The lowest BCUT2D eigenvalue weighted by molar-refractivity contribution is -0.115. The number of allylic oxidation sites excluding steroid dienone is 6. The van der Waals surface area contributed by atoms with Crippen molar-refractivity contribution in [1.82, 2.24) is 0 Å². The number of carbonyl (C=O) groups is 2. The molecule has 0 aliphatic carbocycles. The second-order valence-corrected chi connectivity index (χ2v) is 4.01. The Hall–Kier alpha value is -1.70. The lowest BCUT2D eigenvalue weighted by Crippen LogP contribution is -1.92. The fourth-order valence-electron chi connectivity index (χ4n) is 1.33. The molecule has 0 aliphatic rings. The minimum Gasteiger partial charge on any atom is -0.295 e. The Morgan fingerprint density at radius 2 is 1.17 bits per heavy atom. The Balaban J connectivity index is 3.78. The highest BCUT2D eigenvalue weighted by atomic mass is 16.1. The summed E-state index contributed by atoms with van der Waals surface area (Å²) in [5, 5.41) is 0. The number of unbranched alkanes of at least 4 members (excludes halogenated alkanes) is 2. The molecule has 0 amide bonds. The van der Waals surface area contributed by atoms with Crippen LogP contribution in [-0.4, -0.2) is 11.6 Å². The minimum absolute atomic E-state index is 0.0839. The van der Waals surface area contributed by atoms with Gasteiger partial charge in [0.05, 0.1) is 0 Å². The summed E-state index contributed by atoms with van der Waals surface area (Å²) < 4.78 is 0. The van der Waals surface area contributed by atoms with E-state index < -0.39 is 0 Å². The first-order valence-electron chi connectivity index (χ1n) is 6.33. The van der Waals surface area contributed by atoms with Gasteiger partial charge in [0.25, 0.3) is 0 Å². The van der Waals surface area contributed by atoms with Crippen molar-refractivity contribution in [2.24, 2.45) is 0 Å². The maximum atomic E-state index is 11.3. The fourth-order valence-corrected chi connectivity index (χ4v) is 1.33. The van der Waals surface area contributed by atoms with E-state index in [1.54, 1.807) is 24.3 Å². The van der Waals surface area contributed by atoms with Crippen LogP contribution in [0.1, 0.15) is 38.5 Å². The molecule has 0 atom stereocenters. The fraction of sp³-hybridized carbons (Fsp3) is 0.375. The third-order valence-corrected chi connectivity index (χ3v) is 2.34. The molecule has 0 heterocycles. The van der Waals surface area contributed by atoms with E-state index in [4.69, 9.17) is 0 Å². The summed E-state index contributed by atoms with van der Waals surface area (Å²) in [6.45, 7) is 7.20. The van der Waals surface area contributed by atoms with Gasteiger partial charge in [-0.25, -0.2) is 0 Å². The van der Waals surface area contributed by atoms with Crippen LogP contribution in [0.15, 0.2) is 49.6 Å². The van der Waals surface area contributed by atoms with Crippen LogP contribution in [0.2, 0.25) is 0 Å². The van der Waals surface area contributed by atoms with E-state index in [0.29, 0.717) is 12.8 Å². The molecular weight excluding hydrogens is 224 g/mol. The smallest absolute Gasteiger partial charge is 0.155 e. The lowest BCUT2D eigenvalue weighted by atomic mass is 10.1. The Bertz CT molecular complexity index is 301. The highest BCUT2D eigenvalue weighted by Gasteiger charge is 1.95.